The number of rotatable bonds is 2. The Bertz CT molecular complexity index is 562. The van der Waals surface area contributed by atoms with E-state index in [9.17, 15) is 0 Å². The van der Waals surface area contributed by atoms with E-state index in [1.807, 2.05) is 30.8 Å². The molecule has 4 heteroatoms. The molecule has 0 bridgehead atoms. The summed E-state index contributed by atoms with van der Waals surface area (Å²) in [5.74, 6) is 0. The second-order valence-corrected chi connectivity index (χ2v) is 5.78. The van der Waals surface area contributed by atoms with E-state index in [-0.39, 0.29) is 0 Å². The second kappa shape index (κ2) is 4.78. The Morgan fingerprint density at radius 1 is 1.44 bits per heavy atom. The standard InChI is InChI=1S/C14H17N3S/c1-9-8-16-7-6-10(9)14-17-12-5-3-4-11(15-2)13(12)18-14/h6-8,11,15H,3-5H2,1-2H3. The molecule has 1 aliphatic rings. The van der Waals surface area contributed by atoms with Crippen molar-refractivity contribution in [3.63, 3.8) is 0 Å². The Balaban J connectivity index is 2.05. The molecule has 0 aliphatic heterocycles. The van der Waals surface area contributed by atoms with Crippen molar-refractivity contribution < 1.29 is 0 Å². The van der Waals surface area contributed by atoms with Crippen LogP contribution in [0.25, 0.3) is 10.6 Å². The highest BCUT2D eigenvalue weighted by Crippen LogP contribution is 2.38. The number of aromatic nitrogens is 2. The first-order valence-corrected chi connectivity index (χ1v) is 7.19. The lowest BCUT2D eigenvalue weighted by molar-refractivity contribution is 0.501. The summed E-state index contributed by atoms with van der Waals surface area (Å²) in [6, 6.07) is 2.55. The monoisotopic (exact) mass is 259 g/mol. The minimum atomic E-state index is 0.488. The number of hydrogen-bond acceptors (Lipinski definition) is 4. The lowest BCUT2D eigenvalue weighted by atomic mass is 9.98. The van der Waals surface area contributed by atoms with Crippen molar-refractivity contribution in [1.82, 2.24) is 15.3 Å². The van der Waals surface area contributed by atoms with Gasteiger partial charge in [0.15, 0.2) is 0 Å². The van der Waals surface area contributed by atoms with Gasteiger partial charge in [-0.2, -0.15) is 0 Å². The predicted molar refractivity (Wildman–Crippen MR) is 74.8 cm³/mol. The van der Waals surface area contributed by atoms with Crippen LogP contribution in [0.3, 0.4) is 0 Å². The molecular formula is C14H17N3S. The molecule has 0 radical (unpaired) electrons. The first-order chi connectivity index (χ1) is 8.79. The van der Waals surface area contributed by atoms with Gasteiger partial charge in [0.1, 0.15) is 5.01 Å². The van der Waals surface area contributed by atoms with Gasteiger partial charge in [0.25, 0.3) is 0 Å². The quantitative estimate of drug-likeness (QED) is 0.900. The predicted octanol–water partition coefficient (Wildman–Crippen LogP) is 3.11. The van der Waals surface area contributed by atoms with Gasteiger partial charge in [-0.05, 0) is 44.9 Å². The fourth-order valence-electron chi connectivity index (χ4n) is 2.52. The van der Waals surface area contributed by atoms with E-state index >= 15 is 0 Å². The van der Waals surface area contributed by atoms with Crippen LogP contribution in [0.4, 0.5) is 0 Å². The molecule has 0 aromatic carbocycles. The number of nitrogens with one attached hydrogen (secondary N) is 1. The van der Waals surface area contributed by atoms with Gasteiger partial charge in [0, 0.05) is 28.9 Å². The van der Waals surface area contributed by atoms with E-state index in [2.05, 4.69) is 23.3 Å². The van der Waals surface area contributed by atoms with E-state index < -0.39 is 0 Å². The zero-order valence-corrected chi connectivity index (χ0v) is 11.5. The fraction of sp³-hybridized carbons (Fsp3) is 0.429. The third kappa shape index (κ3) is 1.95. The largest absolute Gasteiger partial charge is 0.312 e. The molecule has 3 nitrogen and oxygen atoms in total. The van der Waals surface area contributed by atoms with Crippen LogP contribution in [0.1, 0.15) is 35.0 Å². The summed E-state index contributed by atoms with van der Waals surface area (Å²) in [7, 11) is 2.04. The van der Waals surface area contributed by atoms with E-state index in [0.29, 0.717) is 6.04 Å². The Hall–Kier alpha value is -1.26. The average Bonchev–Trinajstić information content (AvgIpc) is 2.82. The highest BCUT2D eigenvalue weighted by atomic mass is 32.1. The SMILES string of the molecule is CNC1CCCc2nc(-c3ccncc3C)sc21. The maximum absolute atomic E-state index is 4.83. The molecule has 0 saturated heterocycles. The third-order valence-electron chi connectivity index (χ3n) is 3.55. The molecule has 0 spiro atoms. The summed E-state index contributed by atoms with van der Waals surface area (Å²) in [6.07, 6.45) is 7.33. The number of thiazole rings is 1. The van der Waals surface area contributed by atoms with E-state index in [1.165, 1.54) is 34.5 Å². The average molecular weight is 259 g/mol. The van der Waals surface area contributed by atoms with Gasteiger partial charge in [-0.25, -0.2) is 4.98 Å². The van der Waals surface area contributed by atoms with Crippen molar-refractivity contribution >= 4 is 11.3 Å². The summed E-state index contributed by atoms with van der Waals surface area (Å²) in [5, 5.41) is 4.54. The van der Waals surface area contributed by atoms with Crippen molar-refractivity contribution in [1.29, 1.82) is 0 Å². The number of hydrogen-bond donors (Lipinski definition) is 1. The molecular weight excluding hydrogens is 242 g/mol. The van der Waals surface area contributed by atoms with Crippen LogP contribution in [0, 0.1) is 6.92 Å². The first kappa shape index (κ1) is 11.8. The smallest absolute Gasteiger partial charge is 0.124 e. The Morgan fingerprint density at radius 3 is 3.11 bits per heavy atom. The molecule has 2 heterocycles. The van der Waals surface area contributed by atoms with Crippen LogP contribution in [-0.4, -0.2) is 17.0 Å². The van der Waals surface area contributed by atoms with Gasteiger partial charge < -0.3 is 5.32 Å². The maximum Gasteiger partial charge on any atom is 0.124 e. The summed E-state index contributed by atoms with van der Waals surface area (Å²) in [6.45, 7) is 2.10. The van der Waals surface area contributed by atoms with Gasteiger partial charge in [-0.15, -0.1) is 11.3 Å². The molecule has 94 valence electrons. The van der Waals surface area contributed by atoms with Gasteiger partial charge in [0.05, 0.1) is 5.69 Å². The molecule has 1 N–H and O–H groups in total. The molecule has 2 aromatic rings. The number of fused-ring (bicyclic) bond motifs is 1. The molecule has 0 fully saturated rings. The Kier molecular flexibility index (Phi) is 3.14. The van der Waals surface area contributed by atoms with Crippen molar-refractivity contribution in [3.8, 4) is 10.6 Å². The molecule has 1 aliphatic carbocycles. The molecule has 2 aromatic heterocycles. The minimum absolute atomic E-state index is 0.488. The van der Waals surface area contributed by atoms with Crippen molar-refractivity contribution in [2.45, 2.75) is 32.2 Å². The van der Waals surface area contributed by atoms with Gasteiger partial charge in [0.2, 0.25) is 0 Å². The highest BCUT2D eigenvalue weighted by molar-refractivity contribution is 7.15. The molecule has 0 amide bonds. The van der Waals surface area contributed by atoms with Crippen LogP contribution in [0.2, 0.25) is 0 Å². The van der Waals surface area contributed by atoms with Crippen LogP contribution >= 0.6 is 11.3 Å². The lowest BCUT2D eigenvalue weighted by Gasteiger charge is -2.19. The Morgan fingerprint density at radius 2 is 2.33 bits per heavy atom. The summed E-state index contributed by atoms with van der Waals surface area (Å²) in [4.78, 5) is 10.4. The topological polar surface area (TPSA) is 37.8 Å². The lowest BCUT2D eigenvalue weighted by Crippen LogP contribution is -2.19. The Labute approximate surface area is 111 Å². The zero-order valence-electron chi connectivity index (χ0n) is 10.7. The zero-order chi connectivity index (χ0) is 12.5. The molecule has 1 unspecified atom stereocenters. The maximum atomic E-state index is 4.83. The molecule has 18 heavy (non-hydrogen) atoms. The highest BCUT2D eigenvalue weighted by Gasteiger charge is 2.23. The first-order valence-electron chi connectivity index (χ1n) is 6.37. The number of pyridine rings is 1. The minimum Gasteiger partial charge on any atom is -0.312 e. The van der Waals surface area contributed by atoms with Crippen LogP contribution in [0.5, 0.6) is 0 Å². The van der Waals surface area contributed by atoms with Gasteiger partial charge >= 0.3 is 0 Å². The van der Waals surface area contributed by atoms with E-state index in [0.717, 1.165) is 11.4 Å². The molecule has 0 saturated carbocycles. The fourth-order valence-corrected chi connectivity index (χ4v) is 3.87. The summed E-state index contributed by atoms with van der Waals surface area (Å²) in [5.41, 5.74) is 3.71. The van der Waals surface area contributed by atoms with Crippen LogP contribution in [-0.2, 0) is 6.42 Å². The summed E-state index contributed by atoms with van der Waals surface area (Å²) < 4.78 is 0. The van der Waals surface area contributed by atoms with Crippen molar-refractivity contribution in [3.05, 3.63) is 34.6 Å². The number of aryl methyl sites for hydroxylation is 2. The van der Waals surface area contributed by atoms with Crippen molar-refractivity contribution in [2.24, 2.45) is 0 Å². The van der Waals surface area contributed by atoms with E-state index in [1.54, 1.807) is 0 Å². The second-order valence-electron chi connectivity index (χ2n) is 4.75. The van der Waals surface area contributed by atoms with Gasteiger partial charge in [-0.1, -0.05) is 0 Å². The van der Waals surface area contributed by atoms with E-state index in [4.69, 9.17) is 4.98 Å². The number of nitrogens with zero attached hydrogens (tertiary/aromatic N) is 2. The third-order valence-corrected chi connectivity index (χ3v) is 4.79. The van der Waals surface area contributed by atoms with Crippen LogP contribution in [0.15, 0.2) is 18.5 Å². The van der Waals surface area contributed by atoms with Crippen LogP contribution < -0.4 is 5.32 Å². The molecule has 1 atom stereocenters. The molecule has 3 rings (SSSR count). The normalized spacial score (nSPS) is 18.7. The van der Waals surface area contributed by atoms with Crippen molar-refractivity contribution in [2.75, 3.05) is 7.05 Å². The summed E-state index contributed by atoms with van der Waals surface area (Å²) >= 11 is 1.83. The van der Waals surface area contributed by atoms with Gasteiger partial charge in [-0.3, -0.25) is 4.98 Å².